The number of hydrogen-bond donors (Lipinski definition) is 4. The van der Waals surface area contributed by atoms with Crippen molar-refractivity contribution in [3.63, 3.8) is 0 Å². The molecule has 6 nitrogen and oxygen atoms in total. The minimum absolute atomic E-state index is 0.0854. The summed E-state index contributed by atoms with van der Waals surface area (Å²) in [4.78, 5) is 24.2. The van der Waals surface area contributed by atoms with Gasteiger partial charge in [-0.2, -0.15) is 0 Å². The zero-order valence-corrected chi connectivity index (χ0v) is 28.4. The summed E-state index contributed by atoms with van der Waals surface area (Å²) in [5.41, 5.74) is 1.71. The Morgan fingerprint density at radius 2 is 0.816 bits per heavy atom. The SMILES string of the molecule is O=C(Nc1ccc(Br)cc1)c1cc(Br)cc(Br)c1O.O=C(Nc1ccc(Br)cc1)c1cc(Br)cc(Br)c1O. The number of carbonyl (C=O) groups is 2. The van der Waals surface area contributed by atoms with Crippen LogP contribution in [0.1, 0.15) is 20.7 Å². The molecule has 0 heterocycles. The first kappa shape index (κ1) is 30.8. The molecule has 4 N–H and O–H groups in total. The molecule has 0 bridgehead atoms. The van der Waals surface area contributed by atoms with Crippen molar-refractivity contribution in [2.24, 2.45) is 0 Å². The minimum atomic E-state index is -0.373. The number of rotatable bonds is 4. The van der Waals surface area contributed by atoms with Crippen molar-refractivity contribution in [1.82, 2.24) is 0 Å². The topological polar surface area (TPSA) is 98.7 Å². The highest BCUT2D eigenvalue weighted by Gasteiger charge is 2.16. The summed E-state index contributed by atoms with van der Waals surface area (Å²) in [6, 6.07) is 20.9. The van der Waals surface area contributed by atoms with E-state index < -0.39 is 0 Å². The Balaban J connectivity index is 0.000000211. The Morgan fingerprint density at radius 3 is 1.13 bits per heavy atom. The van der Waals surface area contributed by atoms with E-state index in [0.717, 1.165) is 8.95 Å². The molecule has 0 aliphatic heterocycles. The smallest absolute Gasteiger partial charge is 0.259 e. The summed E-state index contributed by atoms with van der Waals surface area (Å²) in [5.74, 6) is -0.917. The van der Waals surface area contributed by atoms with E-state index >= 15 is 0 Å². The lowest BCUT2D eigenvalue weighted by atomic mass is 10.2. The molecule has 4 rings (SSSR count). The third-order valence-electron chi connectivity index (χ3n) is 4.75. The first-order valence-electron chi connectivity index (χ1n) is 10.4. The van der Waals surface area contributed by atoms with Gasteiger partial charge in [0.15, 0.2) is 0 Å². The van der Waals surface area contributed by atoms with Gasteiger partial charge in [-0.25, -0.2) is 0 Å². The zero-order valence-electron chi connectivity index (χ0n) is 18.9. The molecule has 0 spiro atoms. The first-order valence-corrected chi connectivity index (χ1v) is 15.2. The van der Waals surface area contributed by atoms with Crippen LogP contribution >= 0.6 is 95.6 Å². The molecule has 4 aromatic carbocycles. The summed E-state index contributed by atoms with van der Waals surface area (Å²) in [5, 5.41) is 25.2. The molecule has 0 radical (unpaired) electrons. The van der Waals surface area contributed by atoms with Crippen molar-refractivity contribution >= 4 is 119 Å². The summed E-state index contributed by atoms with van der Waals surface area (Å²) in [6.45, 7) is 0. The van der Waals surface area contributed by atoms with Gasteiger partial charge >= 0.3 is 0 Å². The van der Waals surface area contributed by atoms with E-state index in [1.165, 1.54) is 0 Å². The van der Waals surface area contributed by atoms with Crippen LogP contribution in [0.25, 0.3) is 0 Å². The van der Waals surface area contributed by atoms with Crippen LogP contribution in [-0.2, 0) is 0 Å². The van der Waals surface area contributed by atoms with Crippen LogP contribution < -0.4 is 10.6 Å². The Hall–Kier alpha value is -1.70. The van der Waals surface area contributed by atoms with Crippen LogP contribution in [0.2, 0.25) is 0 Å². The molecule has 0 aliphatic rings. The van der Waals surface area contributed by atoms with Crippen molar-refractivity contribution in [1.29, 1.82) is 0 Å². The van der Waals surface area contributed by atoms with E-state index in [-0.39, 0.29) is 34.4 Å². The van der Waals surface area contributed by atoms with Crippen molar-refractivity contribution in [2.45, 2.75) is 0 Å². The third-order valence-corrected chi connectivity index (χ3v) is 7.93. The van der Waals surface area contributed by atoms with Gasteiger partial charge in [-0.15, -0.1) is 0 Å². The number of anilines is 2. The number of benzene rings is 4. The van der Waals surface area contributed by atoms with Crippen LogP contribution in [0.15, 0.2) is 99.6 Å². The van der Waals surface area contributed by atoms with Crippen molar-refractivity contribution < 1.29 is 19.8 Å². The Bertz CT molecular complexity index is 1370. The largest absolute Gasteiger partial charge is 0.506 e. The number of carbonyl (C=O) groups excluding carboxylic acids is 2. The van der Waals surface area contributed by atoms with Gasteiger partial charge < -0.3 is 20.8 Å². The molecule has 4 aromatic rings. The molecule has 38 heavy (non-hydrogen) atoms. The van der Waals surface area contributed by atoms with Crippen LogP contribution in [0.4, 0.5) is 11.4 Å². The van der Waals surface area contributed by atoms with Gasteiger partial charge in [0.25, 0.3) is 11.8 Å². The van der Waals surface area contributed by atoms with Gasteiger partial charge in [-0.05, 0) is 105 Å². The summed E-state index contributed by atoms with van der Waals surface area (Å²) < 4.78 is 4.19. The molecule has 0 unspecified atom stereocenters. The van der Waals surface area contributed by atoms with Crippen LogP contribution in [0.3, 0.4) is 0 Å². The summed E-state index contributed by atoms with van der Waals surface area (Å²) >= 11 is 19.6. The van der Waals surface area contributed by atoms with E-state index in [0.29, 0.717) is 29.3 Å². The molecule has 0 atom stereocenters. The van der Waals surface area contributed by atoms with Crippen molar-refractivity contribution in [3.8, 4) is 11.5 Å². The van der Waals surface area contributed by atoms with Gasteiger partial charge in [-0.1, -0.05) is 63.7 Å². The molecule has 0 aromatic heterocycles. The summed E-state index contributed by atoms with van der Waals surface area (Å²) in [6.07, 6.45) is 0. The summed E-state index contributed by atoms with van der Waals surface area (Å²) in [7, 11) is 0. The molecule has 0 fully saturated rings. The second kappa shape index (κ2) is 14.1. The second-order valence-corrected chi connectivity index (χ2v) is 12.9. The molecule has 0 saturated heterocycles. The van der Waals surface area contributed by atoms with Crippen molar-refractivity contribution in [3.05, 3.63) is 111 Å². The molecule has 12 heteroatoms. The first-order chi connectivity index (χ1) is 17.9. The van der Waals surface area contributed by atoms with Gasteiger partial charge in [0, 0.05) is 29.3 Å². The molecule has 0 saturated carbocycles. The van der Waals surface area contributed by atoms with E-state index in [1.54, 1.807) is 48.5 Å². The fourth-order valence-corrected chi connectivity index (χ4v) is 5.92. The standard InChI is InChI=1S/2C13H8Br3NO2/c2*14-7-1-3-9(4-2-7)17-13(19)10-5-8(15)6-11(16)12(10)18/h2*1-6,18H,(H,17,19). The fourth-order valence-electron chi connectivity index (χ4n) is 2.94. The fraction of sp³-hybridized carbons (Fsp3) is 0. The van der Waals surface area contributed by atoms with Gasteiger partial charge in [-0.3, -0.25) is 9.59 Å². The molecule has 2 amide bonds. The van der Waals surface area contributed by atoms with Crippen LogP contribution in [0, 0.1) is 0 Å². The van der Waals surface area contributed by atoms with Crippen molar-refractivity contribution in [2.75, 3.05) is 10.6 Å². The van der Waals surface area contributed by atoms with Crippen LogP contribution in [-0.4, -0.2) is 22.0 Å². The number of hydrogen-bond acceptors (Lipinski definition) is 4. The maximum absolute atomic E-state index is 12.1. The highest BCUT2D eigenvalue weighted by Crippen LogP contribution is 2.33. The second-order valence-electron chi connectivity index (χ2n) is 7.49. The van der Waals surface area contributed by atoms with Crippen LogP contribution in [0.5, 0.6) is 11.5 Å². The lowest BCUT2D eigenvalue weighted by Crippen LogP contribution is -2.12. The zero-order chi connectivity index (χ0) is 28.0. The Labute approximate surface area is 269 Å². The quantitative estimate of drug-likeness (QED) is 0.164. The van der Waals surface area contributed by atoms with E-state index in [9.17, 15) is 19.8 Å². The van der Waals surface area contributed by atoms with E-state index in [1.807, 2.05) is 24.3 Å². The predicted molar refractivity (Wildman–Crippen MR) is 171 cm³/mol. The van der Waals surface area contributed by atoms with Gasteiger partial charge in [0.1, 0.15) is 11.5 Å². The maximum Gasteiger partial charge on any atom is 0.259 e. The lowest BCUT2D eigenvalue weighted by molar-refractivity contribution is 0.101. The maximum atomic E-state index is 12.1. The molecule has 196 valence electrons. The third kappa shape index (κ3) is 8.65. The van der Waals surface area contributed by atoms with E-state index in [4.69, 9.17) is 0 Å². The highest BCUT2D eigenvalue weighted by molar-refractivity contribution is 9.11. The number of aromatic hydroxyl groups is 2. The number of amides is 2. The average Bonchev–Trinajstić information content (AvgIpc) is 2.86. The predicted octanol–water partition coefficient (Wildman–Crippen LogP) is 9.86. The van der Waals surface area contributed by atoms with Gasteiger partial charge in [0.05, 0.1) is 20.1 Å². The Morgan fingerprint density at radius 1 is 0.500 bits per heavy atom. The van der Waals surface area contributed by atoms with E-state index in [2.05, 4.69) is 106 Å². The number of phenols is 2. The van der Waals surface area contributed by atoms with Gasteiger partial charge in [0.2, 0.25) is 0 Å². The lowest BCUT2D eigenvalue weighted by Gasteiger charge is -2.09. The number of phenolic OH excluding ortho intramolecular Hbond substituents is 2. The molecule has 0 aliphatic carbocycles. The number of nitrogens with one attached hydrogen (secondary N) is 2. The number of halogens is 6. The molecular formula is C26H16Br6N2O4. The normalized spacial score (nSPS) is 10.3. The minimum Gasteiger partial charge on any atom is -0.506 e. The highest BCUT2D eigenvalue weighted by atomic mass is 79.9. The monoisotopic (exact) mass is 894 g/mol. The average molecular weight is 900 g/mol. The Kier molecular flexibility index (Phi) is 11.4. The molecular weight excluding hydrogens is 884 g/mol.